The van der Waals surface area contributed by atoms with Gasteiger partial charge in [-0.3, -0.25) is 8.97 Å². The van der Waals surface area contributed by atoms with Crippen molar-refractivity contribution in [2.24, 2.45) is 5.92 Å². The number of nitrogens with zero attached hydrogens (tertiary/aromatic N) is 6. The van der Waals surface area contributed by atoms with Crippen molar-refractivity contribution in [2.45, 2.75) is 40.2 Å². The van der Waals surface area contributed by atoms with Gasteiger partial charge in [-0.05, 0) is 37.8 Å². The zero-order valence-electron chi connectivity index (χ0n) is 14.6. The van der Waals surface area contributed by atoms with Crippen LogP contribution in [0.4, 0.5) is 5.95 Å². The van der Waals surface area contributed by atoms with E-state index in [2.05, 4.69) is 49.1 Å². The highest BCUT2D eigenvalue weighted by molar-refractivity contribution is 5.63. The number of hydrogen-bond acceptors (Lipinski definition) is 4. The SMILES string of the molecule is Cc1nc2ccccn2c1-c1nnc(N2CCCC2)n1CC(C)C. The van der Waals surface area contributed by atoms with E-state index in [1.54, 1.807) is 0 Å². The zero-order valence-corrected chi connectivity index (χ0v) is 14.6. The maximum atomic E-state index is 4.68. The van der Waals surface area contributed by atoms with Crippen LogP contribution in [0.15, 0.2) is 24.4 Å². The van der Waals surface area contributed by atoms with Crippen molar-refractivity contribution >= 4 is 11.6 Å². The summed E-state index contributed by atoms with van der Waals surface area (Å²) in [4.78, 5) is 7.04. The van der Waals surface area contributed by atoms with Crippen LogP contribution in [0.1, 0.15) is 32.4 Å². The van der Waals surface area contributed by atoms with Crippen molar-refractivity contribution in [1.29, 1.82) is 0 Å². The molecule has 4 rings (SSSR count). The van der Waals surface area contributed by atoms with Gasteiger partial charge in [-0.2, -0.15) is 0 Å². The van der Waals surface area contributed by atoms with Crippen LogP contribution < -0.4 is 4.90 Å². The van der Waals surface area contributed by atoms with Crippen LogP contribution in [0, 0.1) is 12.8 Å². The second kappa shape index (κ2) is 5.92. The second-order valence-corrected chi connectivity index (χ2v) is 7.00. The quantitative estimate of drug-likeness (QED) is 0.740. The number of hydrogen-bond donors (Lipinski definition) is 0. The highest BCUT2D eigenvalue weighted by atomic mass is 15.4. The van der Waals surface area contributed by atoms with Crippen LogP contribution >= 0.6 is 0 Å². The van der Waals surface area contributed by atoms with Gasteiger partial charge in [0.05, 0.1) is 5.69 Å². The second-order valence-electron chi connectivity index (χ2n) is 7.00. The van der Waals surface area contributed by atoms with Gasteiger partial charge < -0.3 is 4.90 Å². The number of aryl methyl sites for hydroxylation is 1. The lowest BCUT2D eigenvalue weighted by atomic mass is 10.2. The molecule has 0 N–H and O–H groups in total. The summed E-state index contributed by atoms with van der Waals surface area (Å²) < 4.78 is 4.39. The predicted molar refractivity (Wildman–Crippen MR) is 95.2 cm³/mol. The molecule has 0 radical (unpaired) electrons. The van der Waals surface area contributed by atoms with Gasteiger partial charge >= 0.3 is 0 Å². The lowest BCUT2D eigenvalue weighted by Gasteiger charge is -2.19. The summed E-state index contributed by atoms with van der Waals surface area (Å²) >= 11 is 0. The Hall–Kier alpha value is -2.37. The molecule has 24 heavy (non-hydrogen) atoms. The van der Waals surface area contributed by atoms with E-state index in [1.165, 1.54) is 12.8 Å². The Morgan fingerprint density at radius 3 is 2.67 bits per heavy atom. The molecular weight excluding hydrogens is 300 g/mol. The van der Waals surface area contributed by atoms with E-state index in [0.29, 0.717) is 5.92 Å². The largest absolute Gasteiger partial charge is 0.341 e. The average Bonchev–Trinajstić information content (AvgIpc) is 3.24. The predicted octanol–water partition coefficient (Wildman–Crippen LogP) is 3.16. The molecule has 1 fully saturated rings. The minimum absolute atomic E-state index is 0.528. The molecule has 1 aliphatic rings. The Labute approximate surface area is 142 Å². The third kappa shape index (κ3) is 2.46. The Kier molecular flexibility index (Phi) is 3.75. The number of fused-ring (bicyclic) bond motifs is 1. The average molecular weight is 324 g/mol. The molecule has 0 unspecified atom stereocenters. The molecule has 6 nitrogen and oxygen atoms in total. The summed E-state index contributed by atoms with van der Waals surface area (Å²) in [5.41, 5.74) is 2.99. The van der Waals surface area contributed by atoms with Gasteiger partial charge in [0.2, 0.25) is 5.95 Å². The summed E-state index contributed by atoms with van der Waals surface area (Å²) in [7, 11) is 0. The first kappa shape index (κ1) is 15.2. The molecule has 3 aromatic rings. The van der Waals surface area contributed by atoms with Crippen molar-refractivity contribution in [3.8, 4) is 11.5 Å². The number of rotatable bonds is 4. The molecule has 0 bridgehead atoms. The van der Waals surface area contributed by atoms with Crippen molar-refractivity contribution in [3.63, 3.8) is 0 Å². The first-order chi connectivity index (χ1) is 11.6. The molecule has 0 spiro atoms. The standard InChI is InChI=1S/C18H24N6/c1-13(2)12-24-17(20-21-18(24)22-9-6-7-10-22)16-14(3)19-15-8-4-5-11-23(15)16/h4-5,8,11,13H,6-7,9-10,12H2,1-3H3. The third-order valence-corrected chi connectivity index (χ3v) is 4.58. The van der Waals surface area contributed by atoms with Crippen LogP contribution in [-0.2, 0) is 6.54 Å². The van der Waals surface area contributed by atoms with Gasteiger partial charge in [0, 0.05) is 25.8 Å². The first-order valence-electron chi connectivity index (χ1n) is 8.77. The Bertz CT molecular complexity index is 854. The lowest BCUT2D eigenvalue weighted by Crippen LogP contribution is -2.23. The van der Waals surface area contributed by atoms with Crippen LogP contribution in [-0.4, -0.2) is 37.2 Å². The lowest BCUT2D eigenvalue weighted by molar-refractivity contribution is 0.523. The summed E-state index contributed by atoms with van der Waals surface area (Å²) in [5.74, 6) is 2.45. The Balaban J connectivity index is 1.89. The van der Waals surface area contributed by atoms with Crippen molar-refractivity contribution in [1.82, 2.24) is 24.1 Å². The van der Waals surface area contributed by atoms with Gasteiger partial charge in [0.1, 0.15) is 11.3 Å². The fourth-order valence-electron chi connectivity index (χ4n) is 3.54. The highest BCUT2D eigenvalue weighted by Crippen LogP contribution is 2.28. The molecule has 0 aromatic carbocycles. The van der Waals surface area contributed by atoms with Gasteiger partial charge in [-0.1, -0.05) is 19.9 Å². The topological polar surface area (TPSA) is 51.2 Å². The van der Waals surface area contributed by atoms with E-state index in [-0.39, 0.29) is 0 Å². The number of imidazole rings is 1. The van der Waals surface area contributed by atoms with Crippen LogP contribution in [0.5, 0.6) is 0 Å². The van der Waals surface area contributed by atoms with E-state index in [1.807, 2.05) is 25.1 Å². The molecule has 126 valence electrons. The maximum absolute atomic E-state index is 4.68. The fraction of sp³-hybridized carbons (Fsp3) is 0.500. The molecular formula is C18H24N6. The van der Waals surface area contributed by atoms with Gasteiger partial charge in [-0.15, -0.1) is 10.2 Å². The van der Waals surface area contributed by atoms with Gasteiger partial charge in [-0.25, -0.2) is 4.98 Å². The monoisotopic (exact) mass is 324 g/mol. The normalized spacial score (nSPS) is 15.1. The van der Waals surface area contributed by atoms with Crippen molar-refractivity contribution < 1.29 is 0 Å². The van der Waals surface area contributed by atoms with Crippen molar-refractivity contribution in [3.05, 3.63) is 30.1 Å². The molecule has 1 aliphatic heterocycles. The Morgan fingerprint density at radius 2 is 1.92 bits per heavy atom. The minimum atomic E-state index is 0.528. The summed E-state index contributed by atoms with van der Waals surface area (Å²) in [6.07, 6.45) is 4.52. The zero-order chi connectivity index (χ0) is 16.7. The van der Waals surface area contributed by atoms with E-state index in [9.17, 15) is 0 Å². The molecule has 1 saturated heterocycles. The molecule has 0 aliphatic carbocycles. The molecule has 3 aromatic heterocycles. The number of aromatic nitrogens is 5. The van der Waals surface area contributed by atoms with E-state index in [4.69, 9.17) is 0 Å². The summed E-state index contributed by atoms with van der Waals surface area (Å²) in [6.45, 7) is 9.57. The first-order valence-corrected chi connectivity index (χ1v) is 8.77. The molecule has 0 atom stereocenters. The smallest absolute Gasteiger partial charge is 0.227 e. The maximum Gasteiger partial charge on any atom is 0.227 e. The van der Waals surface area contributed by atoms with Crippen LogP contribution in [0.25, 0.3) is 17.2 Å². The molecule has 0 amide bonds. The number of anilines is 1. The highest BCUT2D eigenvalue weighted by Gasteiger charge is 2.24. The third-order valence-electron chi connectivity index (χ3n) is 4.58. The fourth-order valence-corrected chi connectivity index (χ4v) is 3.54. The van der Waals surface area contributed by atoms with E-state index < -0.39 is 0 Å². The Morgan fingerprint density at radius 1 is 1.12 bits per heavy atom. The molecule has 6 heteroatoms. The van der Waals surface area contributed by atoms with Gasteiger partial charge in [0.15, 0.2) is 5.82 Å². The molecule has 4 heterocycles. The van der Waals surface area contributed by atoms with Gasteiger partial charge in [0.25, 0.3) is 0 Å². The van der Waals surface area contributed by atoms with E-state index in [0.717, 1.165) is 48.4 Å². The van der Waals surface area contributed by atoms with Crippen LogP contribution in [0.3, 0.4) is 0 Å². The summed E-state index contributed by atoms with van der Waals surface area (Å²) in [5, 5.41) is 9.13. The van der Waals surface area contributed by atoms with Crippen LogP contribution in [0.2, 0.25) is 0 Å². The summed E-state index contributed by atoms with van der Waals surface area (Å²) in [6, 6.07) is 6.07. The number of pyridine rings is 1. The van der Waals surface area contributed by atoms with Crippen molar-refractivity contribution in [2.75, 3.05) is 18.0 Å². The minimum Gasteiger partial charge on any atom is -0.341 e. The van der Waals surface area contributed by atoms with E-state index >= 15 is 0 Å². The molecule has 0 saturated carbocycles.